The van der Waals surface area contributed by atoms with Gasteiger partial charge in [0.15, 0.2) is 11.8 Å². The Kier molecular flexibility index (Phi) is 8.06. The summed E-state index contributed by atoms with van der Waals surface area (Å²) in [6.45, 7) is 2.09. The molecule has 3 aromatic rings. The second-order valence-corrected chi connectivity index (χ2v) is 7.11. The summed E-state index contributed by atoms with van der Waals surface area (Å²) in [5.41, 5.74) is 2.22. The second-order valence-electron chi connectivity index (χ2n) is 7.11. The predicted octanol–water partition coefficient (Wildman–Crippen LogP) is 3.54. The van der Waals surface area contributed by atoms with Crippen molar-refractivity contribution in [3.63, 3.8) is 0 Å². The minimum atomic E-state index is 0. The highest BCUT2D eigenvalue weighted by atomic mass is 127. The fourth-order valence-electron chi connectivity index (χ4n) is 2.97. The van der Waals surface area contributed by atoms with Crippen molar-refractivity contribution in [2.24, 2.45) is 10.9 Å². The summed E-state index contributed by atoms with van der Waals surface area (Å²) in [5.74, 6) is 3.20. The van der Waals surface area contributed by atoms with E-state index in [0.717, 1.165) is 41.2 Å². The van der Waals surface area contributed by atoms with Crippen LogP contribution in [0.5, 0.6) is 5.75 Å². The quantitative estimate of drug-likeness (QED) is 0.271. The van der Waals surface area contributed by atoms with Gasteiger partial charge in [-0.2, -0.15) is 5.10 Å². The van der Waals surface area contributed by atoms with Crippen molar-refractivity contribution >= 4 is 29.9 Å². The smallest absolute Gasteiger partial charge is 0.191 e. The summed E-state index contributed by atoms with van der Waals surface area (Å²) in [7, 11) is 1.77. The van der Waals surface area contributed by atoms with E-state index in [4.69, 9.17) is 4.74 Å². The molecule has 1 saturated carbocycles. The van der Waals surface area contributed by atoms with Crippen molar-refractivity contribution in [1.82, 2.24) is 25.4 Å². The zero-order chi connectivity index (χ0) is 19.9. The number of para-hydroxylation sites is 1. The van der Waals surface area contributed by atoms with Crippen LogP contribution in [-0.4, -0.2) is 34.4 Å². The van der Waals surface area contributed by atoms with Crippen molar-refractivity contribution in [1.29, 1.82) is 0 Å². The fraction of sp³-hybridized carbons (Fsp3) is 0.318. The van der Waals surface area contributed by atoms with Gasteiger partial charge in [0.25, 0.3) is 0 Å². The van der Waals surface area contributed by atoms with Crippen LogP contribution in [0.15, 0.2) is 66.0 Å². The number of ether oxygens (including phenoxy) is 1. The summed E-state index contributed by atoms with van der Waals surface area (Å²) in [6, 6.07) is 14.0. The molecule has 2 N–H and O–H groups in total. The van der Waals surface area contributed by atoms with E-state index < -0.39 is 0 Å². The van der Waals surface area contributed by atoms with Crippen LogP contribution in [0.25, 0.3) is 5.82 Å². The van der Waals surface area contributed by atoms with Gasteiger partial charge in [-0.15, -0.1) is 24.0 Å². The molecule has 1 aliphatic carbocycles. The number of aliphatic imine (C=N–C) groups is 1. The third-order valence-corrected chi connectivity index (χ3v) is 4.82. The van der Waals surface area contributed by atoms with E-state index in [0.29, 0.717) is 13.1 Å². The molecule has 8 heteroatoms. The number of nitrogens with one attached hydrogen (secondary N) is 2. The van der Waals surface area contributed by atoms with Gasteiger partial charge in [-0.25, -0.2) is 9.67 Å². The molecule has 0 amide bonds. The van der Waals surface area contributed by atoms with Crippen LogP contribution in [-0.2, 0) is 13.1 Å². The van der Waals surface area contributed by atoms with Gasteiger partial charge in [0.05, 0.1) is 6.61 Å². The zero-order valence-electron chi connectivity index (χ0n) is 17.0. The molecule has 7 nitrogen and oxygen atoms in total. The highest BCUT2D eigenvalue weighted by Gasteiger charge is 2.22. The predicted molar refractivity (Wildman–Crippen MR) is 128 cm³/mol. The second kappa shape index (κ2) is 11.0. The Hall–Kier alpha value is -2.62. The van der Waals surface area contributed by atoms with E-state index in [-0.39, 0.29) is 24.0 Å². The van der Waals surface area contributed by atoms with E-state index in [1.807, 2.05) is 42.6 Å². The van der Waals surface area contributed by atoms with Crippen LogP contribution in [0.3, 0.4) is 0 Å². The molecule has 2 aromatic heterocycles. The minimum absolute atomic E-state index is 0. The molecular weight excluding hydrogens is 491 g/mol. The first-order valence-electron chi connectivity index (χ1n) is 9.92. The number of pyridine rings is 1. The Morgan fingerprint density at radius 2 is 1.97 bits per heavy atom. The molecule has 158 valence electrons. The van der Waals surface area contributed by atoms with Crippen molar-refractivity contribution in [3.05, 3.63) is 72.2 Å². The standard InChI is InChI=1S/C22H26N6O.HI/c1-23-22(25-14-18-9-11-24-21(13-18)28-12-4-10-27-28)26-15-19-5-2-3-6-20(19)29-16-17-7-8-17;/h2-6,9-13,17H,7-8,14-16H2,1H3,(H2,23,25,26);1H. The van der Waals surface area contributed by atoms with Crippen molar-refractivity contribution in [2.45, 2.75) is 25.9 Å². The summed E-state index contributed by atoms with van der Waals surface area (Å²) >= 11 is 0. The van der Waals surface area contributed by atoms with E-state index in [1.165, 1.54) is 12.8 Å². The van der Waals surface area contributed by atoms with E-state index in [1.54, 1.807) is 24.1 Å². The van der Waals surface area contributed by atoms with Gasteiger partial charge < -0.3 is 15.4 Å². The molecular formula is C22H27IN6O. The lowest BCUT2D eigenvalue weighted by molar-refractivity contribution is 0.296. The van der Waals surface area contributed by atoms with Gasteiger partial charge in [0.1, 0.15) is 5.75 Å². The molecule has 0 saturated heterocycles. The zero-order valence-corrected chi connectivity index (χ0v) is 19.3. The van der Waals surface area contributed by atoms with Crippen molar-refractivity contribution < 1.29 is 4.74 Å². The Labute approximate surface area is 194 Å². The molecule has 0 radical (unpaired) electrons. The first kappa shape index (κ1) is 22.1. The Balaban J connectivity index is 0.00000256. The maximum absolute atomic E-state index is 5.99. The van der Waals surface area contributed by atoms with Crippen LogP contribution in [0.1, 0.15) is 24.0 Å². The third kappa shape index (κ3) is 6.19. The largest absolute Gasteiger partial charge is 0.493 e. The molecule has 0 spiro atoms. The maximum Gasteiger partial charge on any atom is 0.191 e. The Morgan fingerprint density at radius 1 is 1.13 bits per heavy atom. The molecule has 4 rings (SSSR count). The highest BCUT2D eigenvalue weighted by molar-refractivity contribution is 14.0. The first-order valence-corrected chi connectivity index (χ1v) is 9.92. The van der Waals surface area contributed by atoms with Gasteiger partial charge in [0.2, 0.25) is 0 Å². The highest BCUT2D eigenvalue weighted by Crippen LogP contribution is 2.30. The van der Waals surface area contributed by atoms with Crippen LogP contribution >= 0.6 is 24.0 Å². The molecule has 30 heavy (non-hydrogen) atoms. The molecule has 1 aliphatic rings. The van der Waals surface area contributed by atoms with Gasteiger partial charge in [0, 0.05) is 44.3 Å². The lowest BCUT2D eigenvalue weighted by atomic mass is 10.2. The lowest BCUT2D eigenvalue weighted by Gasteiger charge is -2.15. The number of hydrogen-bond donors (Lipinski definition) is 2. The number of nitrogens with zero attached hydrogens (tertiary/aromatic N) is 4. The number of hydrogen-bond acceptors (Lipinski definition) is 4. The maximum atomic E-state index is 5.99. The van der Waals surface area contributed by atoms with Gasteiger partial charge in [-0.3, -0.25) is 4.99 Å². The number of guanidine groups is 1. The molecule has 1 fully saturated rings. The molecule has 0 unspecified atom stereocenters. The van der Waals surface area contributed by atoms with Crippen molar-refractivity contribution in [3.8, 4) is 11.6 Å². The average Bonchev–Trinajstić information content (AvgIpc) is 3.43. The third-order valence-electron chi connectivity index (χ3n) is 4.82. The van der Waals surface area contributed by atoms with E-state index in [2.05, 4.69) is 31.8 Å². The molecule has 2 heterocycles. The van der Waals surface area contributed by atoms with Gasteiger partial charge >= 0.3 is 0 Å². The number of rotatable bonds is 8. The van der Waals surface area contributed by atoms with E-state index in [9.17, 15) is 0 Å². The first-order chi connectivity index (χ1) is 14.3. The Bertz CT molecular complexity index is 956. The fourth-order valence-corrected chi connectivity index (χ4v) is 2.97. The van der Waals surface area contributed by atoms with Crippen LogP contribution in [0.2, 0.25) is 0 Å². The SMILES string of the molecule is CN=C(NCc1ccnc(-n2cccn2)c1)NCc1ccccc1OCC1CC1.I. The van der Waals surface area contributed by atoms with Gasteiger partial charge in [-0.1, -0.05) is 18.2 Å². The van der Waals surface area contributed by atoms with Crippen LogP contribution in [0, 0.1) is 5.92 Å². The molecule has 0 bridgehead atoms. The monoisotopic (exact) mass is 518 g/mol. The normalized spacial score (nSPS) is 13.4. The molecule has 0 aliphatic heterocycles. The van der Waals surface area contributed by atoms with Crippen LogP contribution in [0.4, 0.5) is 0 Å². The lowest BCUT2D eigenvalue weighted by Crippen LogP contribution is -2.36. The Morgan fingerprint density at radius 3 is 2.73 bits per heavy atom. The number of halogens is 1. The average molecular weight is 518 g/mol. The van der Waals surface area contributed by atoms with E-state index >= 15 is 0 Å². The van der Waals surface area contributed by atoms with Crippen molar-refractivity contribution in [2.75, 3.05) is 13.7 Å². The number of aromatic nitrogens is 3. The molecule has 1 aromatic carbocycles. The summed E-state index contributed by atoms with van der Waals surface area (Å²) in [6.07, 6.45) is 7.98. The van der Waals surface area contributed by atoms with Crippen LogP contribution < -0.4 is 15.4 Å². The summed E-state index contributed by atoms with van der Waals surface area (Å²) in [5, 5.41) is 10.9. The topological polar surface area (TPSA) is 76.4 Å². The van der Waals surface area contributed by atoms with Gasteiger partial charge in [-0.05, 0) is 48.6 Å². The molecule has 0 atom stereocenters. The summed E-state index contributed by atoms with van der Waals surface area (Å²) < 4.78 is 7.73. The summed E-state index contributed by atoms with van der Waals surface area (Å²) in [4.78, 5) is 8.69. The number of benzene rings is 1. The minimum Gasteiger partial charge on any atom is -0.493 e.